The number of carboxylic acid groups (broad SMARTS) is 1. The number of ether oxygens (including phenoxy) is 2. The quantitative estimate of drug-likeness (QED) is 0.295. The molecule has 30 heavy (non-hydrogen) atoms. The minimum atomic E-state index is -1.01. The number of carboxylic acids is 1. The summed E-state index contributed by atoms with van der Waals surface area (Å²) < 4.78 is 10.4. The number of hydrogen-bond donors (Lipinski definition) is 1. The van der Waals surface area contributed by atoms with Crippen LogP contribution >= 0.6 is 0 Å². The van der Waals surface area contributed by atoms with E-state index in [9.17, 15) is 14.4 Å². The summed E-state index contributed by atoms with van der Waals surface area (Å²) in [5, 5.41) is 8.50. The minimum Gasteiger partial charge on any atom is -0.481 e. The summed E-state index contributed by atoms with van der Waals surface area (Å²) in [6, 6.07) is 10.4. The lowest BCUT2D eigenvalue weighted by molar-refractivity contribution is -0.148. The fourth-order valence-corrected chi connectivity index (χ4v) is 3.20. The van der Waals surface area contributed by atoms with Gasteiger partial charge in [0.2, 0.25) is 0 Å². The van der Waals surface area contributed by atoms with Crippen molar-refractivity contribution in [2.24, 2.45) is 5.92 Å². The molecule has 0 amide bonds. The van der Waals surface area contributed by atoms with Crippen LogP contribution in [0.3, 0.4) is 0 Å². The summed E-state index contributed by atoms with van der Waals surface area (Å²) in [5.41, 5.74) is 1.30. The van der Waals surface area contributed by atoms with E-state index in [1.807, 2.05) is 18.2 Å². The van der Waals surface area contributed by atoms with Crippen LogP contribution in [0.4, 0.5) is 0 Å². The molecule has 0 fully saturated rings. The van der Waals surface area contributed by atoms with E-state index in [2.05, 4.69) is 26.0 Å². The monoisotopic (exact) mass is 420 g/mol. The first-order chi connectivity index (χ1) is 14.4. The van der Waals surface area contributed by atoms with Gasteiger partial charge in [-0.1, -0.05) is 50.6 Å². The van der Waals surface area contributed by atoms with Gasteiger partial charge in [0.05, 0.1) is 26.1 Å². The van der Waals surface area contributed by atoms with Crippen LogP contribution in [0.15, 0.2) is 30.3 Å². The maximum atomic E-state index is 12.0. The van der Waals surface area contributed by atoms with E-state index in [-0.39, 0.29) is 25.4 Å². The van der Waals surface area contributed by atoms with Crippen LogP contribution < -0.4 is 0 Å². The molecule has 0 saturated heterocycles. The Hall–Kier alpha value is -2.37. The maximum Gasteiger partial charge on any atom is 0.306 e. The Morgan fingerprint density at radius 3 is 2.23 bits per heavy atom. The maximum absolute atomic E-state index is 12.0. The summed E-state index contributed by atoms with van der Waals surface area (Å²) in [6.07, 6.45) is 5.16. The Balaban J connectivity index is 2.17. The SMILES string of the molecule is CCC(C)CC(CCOC(=O)CCCCCOC(=O)CCC(=O)O)c1ccccc1. The predicted octanol–water partition coefficient (Wildman–Crippen LogP) is 5.11. The van der Waals surface area contributed by atoms with E-state index in [1.165, 1.54) is 5.56 Å². The molecular weight excluding hydrogens is 384 g/mol. The molecule has 0 radical (unpaired) electrons. The highest BCUT2D eigenvalue weighted by Gasteiger charge is 2.15. The van der Waals surface area contributed by atoms with Gasteiger partial charge in [-0.15, -0.1) is 0 Å². The summed E-state index contributed by atoms with van der Waals surface area (Å²) in [5.74, 6) is -0.680. The fourth-order valence-electron chi connectivity index (χ4n) is 3.20. The normalized spacial score (nSPS) is 12.7. The highest BCUT2D eigenvalue weighted by Crippen LogP contribution is 2.28. The van der Waals surface area contributed by atoms with Gasteiger partial charge in [0.15, 0.2) is 0 Å². The zero-order valence-electron chi connectivity index (χ0n) is 18.3. The van der Waals surface area contributed by atoms with Crippen molar-refractivity contribution < 1.29 is 29.0 Å². The van der Waals surface area contributed by atoms with Crippen molar-refractivity contribution in [1.82, 2.24) is 0 Å². The van der Waals surface area contributed by atoms with Crippen molar-refractivity contribution in [3.8, 4) is 0 Å². The number of carbonyl (C=O) groups is 3. The largest absolute Gasteiger partial charge is 0.481 e. The number of unbranched alkanes of at least 4 members (excludes halogenated alkanes) is 2. The molecule has 6 nitrogen and oxygen atoms in total. The molecule has 0 saturated carbocycles. The second-order valence-corrected chi connectivity index (χ2v) is 7.79. The Labute approximate surface area is 180 Å². The van der Waals surface area contributed by atoms with Gasteiger partial charge < -0.3 is 14.6 Å². The van der Waals surface area contributed by atoms with Gasteiger partial charge in [-0.2, -0.15) is 0 Å². The van der Waals surface area contributed by atoms with Crippen molar-refractivity contribution in [1.29, 1.82) is 0 Å². The van der Waals surface area contributed by atoms with Gasteiger partial charge in [0.25, 0.3) is 0 Å². The number of rotatable bonds is 16. The van der Waals surface area contributed by atoms with Crippen LogP contribution in [0.1, 0.15) is 83.1 Å². The number of carbonyl (C=O) groups excluding carboxylic acids is 2. The molecule has 1 aromatic rings. The molecule has 0 heterocycles. The van der Waals surface area contributed by atoms with Crippen molar-refractivity contribution >= 4 is 17.9 Å². The number of esters is 2. The number of aliphatic carboxylic acids is 1. The van der Waals surface area contributed by atoms with Gasteiger partial charge >= 0.3 is 17.9 Å². The summed E-state index contributed by atoms with van der Waals surface area (Å²) >= 11 is 0. The van der Waals surface area contributed by atoms with Gasteiger partial charge in [0.1, 0.15) is 0 Å². The third kappa shape index (κ3) is 12.2. The van der Waals surface area contributed by atoms with E-state index >= 15 is 0 Å². The van der Waals surface area contributed by atoms with Crippen LogP contribution in [0.2, 0.25) is 0 Å². The zero-order valence-corrected chi connectivity index (χ0v) is 18.3. The van der Waals surface area contributed by atoms with Crippen LogP contribution in [0.5, 0.6) is 0 Å². The molecule has 0 bridgehead atoms. The third-order valence-electron chi connectivity index (χ3n) is 5.22. The first-order valence-electron chi connectivity index (χ1n) is 11.0. The van der Waals surface area contributed by atoms with Gasteiger partial charge in [-0.3, -0.25) is 14.4 Å². The third-order valence-corrected chi connectivity index (χ3v) is 5.22. The Morgan fingerprint density at radius 2 is 1.57 bits per heavy atom. The van der Waals surface area contributed by atoms with E-state index in [4.69, 9.17) is 14.6 Å². The summed E-state index contributed by atoms with van der Waals surface area (Å²) in [7, 11) is 0. The molecule has 0 spiro atoms. The van der Waals surface area contributed by atoms with Crippen molar-refractivity contribution in [2.75, 3.05) is 13.2 Å². The highest BCUT2D eigenvalue weighted by molar-refractivity contribution is 5.76. The molecule has 2 unspecified atom stereocenters. The Kier molecular flexibility index (Phi) is 13.2. The first-order valence-corrected chi connectivity index (χ1v) is 11.0. The predicted molar refractivity (Wildman–Crippen MR) is 115 cm³/mol. The van der Waals surface area contributed by atoms with E-state index in [0.29, 0.717) is 37.7 Å². The molecule has 0 aliphatic rings. The lowest BCUT2D eigenvalue weighted by Crippen LogP contribution is -2.11. The molecule has 0 aromatic heterocycles. The van der Waals surface area contributed by atoms with Crippen LogP contribution in [-0.4, -0.2) is 36.2 Å². The molecular formula is C24H36O6. The average molecular weight is 421 g/mol. The molecule has 1 N–H and O–H groups in total. The molecule has 2 atom stereocenters. The average Bonchev–Trinajstić information content (AvgIpc) is 2.74. The van der Waals surface area contributed by atoms with E-state index in [0.717, 1.165) is 25.7 Å². The standard InChI is InChI=1S/C24H36O6/c1-3-19(2)18-21(20-10-6-4-7-11-20)15-17-30-23(27)12-8-5-9-16-29-24(28)14-13-22(25)26/h4,6-7,10-11,19,21H,3,5,8-9,12-18H2,1-2H3,(H,25,26). The topological polar surface area (TPSA) is 89.9 Å². The molecule has 1 rings (SSSR count). The van der Waals surface area contributed by atoms with Crippen molar-refractivity contribution in [3.63, 3.8) is 0 Å². The lowest BCUT2D eigenvalue weighted by Gasteiger charge is -2.21. The summed E-state index contributed by atoms with van der Waals surface area (Å²) in [6.45, 7) is 5.13. The fraction of sp³-hybridized carbons (Fsp3) is 0.625. The Morgan fingerprint density at radius 1 is 0.900 bits per heavy atom. The minimum absolute atomic E-state index is 0.108. The lowest BCUT2D eigenvalue weighted by atomic mass is 9.86. The van der Waals surface area contributed by atoms with Crippen molar-refractivity contribution in [2.45, 2.75) is 77.6 Å². The smallest absolute Gasteiger partial charge is 0.306 e. The zero-order chi connectivity index (χ0) is 22.2. The van der Waals surface area contributed by atoms with Crippen LogP contribution in [0.25, 0.3) is 0 Å². The van der Waals surface area contributed by atoms with E-state index in [1.54, 1.807) is 0 Å². The van der Waals surface area contributed by atoms with Crippen LogP contribution in [-0.2, 0) is 23.9 Å². The van der Waals surface area contributed by atoms with Crippen LogP contribution in [0, 0.1) is 5.92 Å². The van der Waals surface area contributed by atoms with Gasteiger partial charge in [-0.05, 0) is 49.5 Å². The number of benzene rings is 1. The Bertz CT molecular complexity index is 628. The van der Waals surface area contributed by atoms with E-state index < -0.39 is 11.9 Å². The second kappa shape index (κ2) is 15.5. The molecule has 0 aliphatic carbocycles. The highest BCUT2D eigenvalue weighted by atomic mass is 16.5. The van der Waals surface area contributed by atoms with Crippen molar-refractivity contribution in [3.05, 3.63) is 35.9 Å². The van der Waals surface area contributed by atoms with Gasteiger partial charge in [-0.25, -0.2) is 0 Å². The number of hydrogen-bond acceptors (Lipinski definition) is 5. The first kappa shape index (κ1) is 25.7. The molecule has 168 valence electrons. The van der Waals surface area contributed by atoms with Gasteiger partial charge in [0, 0.05) is 6.42 Å². The molecule has 0 aliphatic heterocycles. The second-order valence-electron chi connectivity index (χ2n) is 7.79. The summed E-state index contributed by atoms with van der Waals surface area (Å²) in [4.78, 5) is 33.6. The molecule has 1 aromatic carbocycles. The molecule has 6 heteroatoms.